The molecule has 0 radical (unpaired) electrons. The van der Waals surface area contributed by atoms with Gasteiger partial charge < -0.3 is 9.88 Å². The molecule has 0 spiro atoms. The second kappa shape index (κ2) is 4.85. The predicted octanol–water partition coefficient (Wildman–Crippen LogP) is 2.17. The van der Waals surface area contributed by atoms with E-state index in [9.17, 15) is 4.79 Å². The van der Waals surface area contributed by atoms with E-state index >= 15 is 0 Å². The highest BCUT2D eigenvalue weighted by molar-refractivity contribution is 6.06. The molecule has 5 heteroatoms. The number of aromatic nitrogens is 3. The topological polar surface area (TPSA) is 53.9 Å². The molecule has 0 saturated carbocycles. The van der Waals surface area contributed by atoms with Gasteiger partial charge in [-0.15, -0.1) is 0 Å². The van der Waals surface area contributed by atoms with Crippen LogP contribution in [0.4, 0.5) is 0 Å². The van der Waals surface area contributed by atoms with Crippen molar-refractivity contribution in [1.82, 2.24) is 19.7 Å². The van der Waals surface area contributed by atoms with Crippen LogP contribution in [-0.2, 0) is 13.6 Å². The summed E-state index contributed by atoms with van der Waals surface area (Å²) >= 11 is 0. The smallest absolute Gasteiger partial charge is 0.256 e. The summed E-state index contributed by atoms with van der Waals surface area (Å²) in [6, 6.07) is 7.81. The largest absolute Gasteiger partial charge is 0.360 e. The van der Waals surface area contributed by atoms with E-state index in [1.165, 1.54) is 0 Å². The molecule has 3 aromatic rings. The number of aryl methyl sites for hydroxylation is 1. The van der Waals surface area contributed by atoms with Crippen LogP contribution in [-0.4, -0.2) is 32.6 Å². The van der Waals surface area contributed by atoms with E-state index < -0.39 is 0 Å². The van der Waals surface area contributed by atoms with Crippen molar-refractivity contribution in [3.05, 3.63) is 54.0 Å². The Bertz CT molecular complexity index is 756. The lowest BCUT2D eigenvalue weighted by Crippen LogP contribution is -2.25. The van der Waals surface area contributed by atoms with Crippen molar-refractivity contribution in [2.45, 2.75) is 6.54 Å². The fourth-order valence-electron chi connectivity index (χ4n) is 2.35. The Kier molecular flexibility index (Phi) is 3.02. The molecule has 2 heterocycles. The molecule has 0 unspecified atom stereocenters. The van der Waals surface area contributed by atoms with Gasteiger partial charge in [-0.1, -0.05) is 18.2 Å². The lowest BCUT2D eigenvalue weighted by atomic mass is 10.1. The molecule has 102 valence electrons. The molecule has 0 atom stereocenters. The normalized spacial score (nSPS) is 10.9. The number of para-hydroxylation sites is 1. The number of nitrogens with zero attached hydrogens (tertiary/aromatic N) is 3. The average Bonchev–Trinajstić information content (AvgIpc) is 3.04. The summed E-state index contributed by atoms with van der Waals surface area (Å²) in [7, 11) is 3.67. The summed E-state index contributed by atoms with van der Waals surface area (Å²) < 4.78 is 1.74. The van der Waals surface area contributed by atoms with Crippen LogP contribution in [0.5, 0.6) is 0 Å². The number of aromatic amines is 1. The van der Waals surface area contributed by atoms with E-state index in [2.05, 4.69) is 10.1 Å². The van der Waals surface area contributed by atoms with Crippen LogP contribution in [0.25, 0.3) is 10.9 Å². The fraction of sp³-hybridized carbons (Fsp3) is 0.200. The number of amides is 1. The first-order valence-electron chi connectivity index (χ1n) is 6.44. The minimum absolute atomic E-state index is 0.00584. The van der Waals surface area contributed by atoms with Crippen molar-refractivity contribution < 1.29 is 4.79 Å². The minimum atomic E-state index is 0.00584. The molecular formula is C15H16N4O. The number of hydrogen-bond donors (Lipinski definition) is 1. The number of benzene rings is 1. The van der Waals surface area contributed by atoms with Gasteiger partial charge in [-0.2, -0.15) is 5.10 Å². The maximum atomic E-state index is 12.5. The molecule has 1 amide bonds. The van der Waals surface area contributed by atoms with Gasteiger partial charge in [-0.3, -0.25) is 9.48 Å². The van der Waals surface area contributed by atoms with Crippen LogP contribution in [0.3, 0.4) is 0 Å². The van der Waals surface area contributed by atoms with Gasteiger partial charge in [0, 0.05) is 49.5 Å². The number of rotatable bonds is 3. The molecule has 0 fully saturated rings. The summed E-state index contributed by atoms with van der Waals surface area (Å²) in [4.78, 5) is 17.3. The zero-order valence-electron chi connectivity index (χ0n) is 11.5. The molecule has 1 N–H and O–H groups in total. The number of carbonyl (C=O) groups is 1. The first-order chi connectivity index (χ1) is 9.65. The summed E-state index contributed by atoms with van der Waals surface area (Å²) in [5, 5.41) is 5.07. The Morgan fingerprint density at radius 2 is 2.20 bits per heavy atom. The van der Waals surface area contributed by atoms with Crippen LogP contribution >= 0.6 is 0 Å². The number of fused-ring (bicyclic) bond motifs is 1. The Morgan fingerprint density at radius 1 is 1.40 bits per heavy atom. The van der Waals surface area contributed by atoms with Gasteiger partial charge in [0.05, 0.1) is 11.8 Å². The van der Waals surface area contributed by atoms with Gasteiger partial charge in [0.2, 0.25) is 0 Å². The summed E-state index contributed by atoms with van der Waals surface area (Å²) in [6.07, 6.45) is 5.46. The van der Waals surface area contributed by atoms with Crippen molar-refractivity contribution in [2.75, 3.05) is 7.05 Å². The Morgan fingerprint density at radius 3 is 2.95 bits per heavy atom. The molecule has 20 heavy (non-hydrogen) atoms. The summed E-state index contributed by atoms with van der Waals surface area (Å²) in [5.41, 5.74) is 2.70. The molecule has 2 aromatic heterocycles. The lowest BCUT2D eigenvalue weighted by Gasteiger charge is -2.15. The number of nitrogens with one attached hydrogen (secondary N) is 1. The van der Waals surface area contributed by atoms with Crippen molar-refractivity contribution in [2.24, 2.45) is 7.05 Å². The predicted molar refractivity (Wildman–Crippen MR) is 77.3 cm³/mol. The van der Waals surface area contributed by atoms with Gasteiger partial charge in [0.25, 0.3) is 5.91 Å². The molecule has 0 aliphatic heterocycles. The van der Waals surface area contributed by atoms with Gasteiger partial charge in [0.1, 0.15) is 0 Å². The van der Waals surface area contributed by atoms with E-state index in [-0.39, 0.29) is 5.91 Å². The van der Waals surface area contributed by atoms with E-state index in [1.807, 2.05) is 37.5 Å². The van der Waals surface area contributed by atoms with Crippen LogP contribution in [0.15, 0.2) is 42.9 Å². The molecule has 0 saturated heterocycles. The standard InChI is InChI=1S/C15H16N4O/c1-18(9-11-7-17-19(2)10-11)15(20)13-8-16-14-6-4-3-5-12(13)14/h3-8,10,16H,9H2,1-2H3. The maximum absolute atomic E-state index is 12.5. The highest BCUT2D eigenvalue weighted by Crippen LogP contribution is 2.19. The maximum Gasteiger partial charge on any atom is 0.256 e. The number of hydrogen-bond acceptors (Lipinski definition) is 2. The van der Waals surface area contributed by atoms with E-state index in [0.29, 0.717) is 12.1 Å². The summed E-state index contributed by atoms with van der Waals surface area (Å²) in [5.74, 6) is 0.00584. The first-order valence-corrected chi connectivity index (χ1v) is 6.44. The van der Waals surface area contributed by atoms with Crippen LogP contribution in [0.2, 0.25) is 0 Å². The highest BCUT2D eigenvalue weighted by atomic mass is 16.2. The number of carbonyl (C=O) groups excluding carboxylic acids is 1. The fourth-order valence-corrected chi connectivity index (χ4v) is 2.35. The number of H-pyrrole nitrogens is 1. The summed E-state index contributed by atoms with van der Waals surface area (Å²) in [6.45, 7) is 0.548. The average molecular weight is 268 g/mol. The van der Waals surface area contributed by atoms with Gasteiger partial charge in [-0.05, 0) is 6.07 Å². The van der Waals surface area contributed by atoms with Gasteiger partial charge in [0.15, 0.2) is 0 Å². The Balaban J connectivity index is 1.84. The quantitative estimate of drug-likeness (QED) is 0.791. The van der Waals surface area contributed by atoms with E-state index in [0.717, 1.165) is 16.5 Å². The molecule has 0 bridgehead atoms. The third-order valence-corrected chi connectivity index (χ3v) is 3.34. The molecule has 5 nitrogen and oxygen atoms in total. The molecule has 1 aromatic carbocycles. The van der Waals surface area contributed by atoms with Crippen molar-refractivity contribution in [3.63, 3.8) is 0 Å². The highest BCUT2D eigenvalue weighted by Gasteiger charge is 2.16. The first kappa shape index (κ1) is 12.5. The minimum Gasteiger partial charge on any atom is -0.360 e. The van der Waals surface area contributed by atoms with Crippen molar-refractivity contribution in [1.29, 1.82) is 0 Å². The van der Waals surface area contributed by atoms with Gasteiger partial charge in [-0.25, -0.2) is 0 Å². The second-order valence-electron chi connectivity index (χ2n) is 4.93. The van der Waals surface area contributed by atoms with Crippen LogP contribution in [0, 0.1) is 0 Å². The molecule has 3 rings (SSSR count). The van der Waals surface area contributed by atoms with Crippen LogP contribution < -0.4 is 0 Å². The monoisotopic (exact) mass is 268 g/mol. The van der Waals surface area contributed by atoms with Crippen molar-refractivity contribution >= 4 is 16.8 Å². The molecular weight excluding hydrogens is 252 g/mol. The SMILES string of the molecule is CN(Cc1cnn(C)c1)C(=O)c1c[nH]c2ccccc12. The van der Waals surface area contributed by atoms with E-state index in [1.54, 1.807) is 29.0 Å². The third kappa shape index (κ3) is 2.18. The van der Waals surface area contributed by atoms with Gasteiger partial charge >= 0.3 is 0 Å². The lowest BCUT2D eigenvalue weighted by molar-refractivity contribution is 0.0787. The third-order valence-electron chi connectivity index (χ3n) is 3.34. The zero-order chi connectivity index (χ0) is 14.1. The van der Waals surface area contributed by atoms with Crippen molar-refractivity contribution in [3.8, 4) is 0 Å². The Hall–Kier alpha value is -2.56. The molecule has 0 aliphatic carbocycles. The Labute approximate surface area is 116 Å². The zero-order valence-corrected chi connectivity index (χ0v) is 11.5. The molecule has 0 aliphatic rings. The second-order valence-corrected chi connectivity index (χ2v) is 4.93. The van der Waals surface area contributed by atoms with E-state index in [4.69, 9.17) is 0 Å². The van der Waals surface area contributed by atoms with Crippen LogP contribution in [0.1, 0.15) is 15.9 Å².